The Bertz CT molecular complexity index is 754. The van der Waals surface area contributed by atoms with Gasteiger partial charge in [0.1, 0.15) is 5.69 Å². The van der Waals surface area contributed by atoms with Gasteiger partial charge in [-0.15, -0.1) is 0 Å². The zero-order valence-corrected chi connectivity index (χ0v) is 17.4. The summed E-state index contributed by atoms with van der Waals surface area (Å²) in [6.07, 6.45) is 1.82. The van der Waals surface area contributed by atoms with E-state index in [1.165, 1.54) is 0 Å². The highest BCUT2D eigenvalue weighted by atomic mass is 16.5. The monoisotopic (exact) mass is 377 g/mol. The Balaban J connectivity index is 2.27. The van der Waals surface area contributed by atoms with Gasteiger partial charge in [-0.1, -0.05) is 0 Å². The third kappa shape index (κ3) is 4.70. The number of carbonyl (C=O) groups excluding carboxylic acids is 3. The molecule has 1 aromatic heterocycles. The fourth-order valence-electron chi connectivity index (χ4n) is 3.26. The minimum absolute atomic E-state index is 0.000534. The van der Waals surface area contributed by atoms with E-state index in [0.717, 1.165) is 12.8 Å². The summed E-state index contributed by atoms with van der Waals surface area (Å²) in [5.74, 6) is -0.601. The van der Waals surface area contributed by atoms with Gasteiger partial charge >= 0.3 is 12.0 Å². The Hall–Kier alpha value is -2.31. The van der Waals surface area contributed by atoms with Crippen LogP contribution in [0.1, 0.15) is 72.6 Å². The molecule has 27 heavy (non-hydrogen) atoms. The number of hydrogen-bond donors (Lipinski definition) is 1. The number of ether oxygens (including phenoxy) is 1. The minimum Gasteiger partial charge on any atom is -0.461 e. The van der Waals surface area contributed by atoms with Crippen molar-refractivity contribution in [2.24, 2.45) is 7.05 Å². The van der Waals surface area contributed by atoms with Gasteiger partial charge in [0.25, 0.3) is 0 Å². The fourth-order valence-corrected chi connectivity index (χ4v) is 3.26. The average Bonchev–Trinajstić information content (AvgIpc) is 3.32. The van der Waals surface area contributed by atoms with Gasteiger partial charge < -0.3 is 19.5 Å². The summed E-state index contributed by atoms with van der Waals surface area (Å²) in [7, 11) is 1.75. The largest absolute Gasteiger partial charge is 0.461 e. The lowest BCUT2D eigenvalue weighted by Gasteiger charge is -2.28. The summed E-state index contributed by atoms with van der Waals surface area (Å²) in [6.45, 7) is 11.3. The maximum atomic E-state index is 13.1. The van der Waals surface area contributed by atoms with Crippen LogP contribution in [0, 0.1) is 13.8 Å². The third-order valence-corrected chi connectivity index (χ3v) is 4.72. The summed E-state index contributed by atoms with van der Waals surface area (Å²) in [5, 5.41) is 2.93. The Labute approximate surface area is 161 Å². The van der Waals surface area contributed by atoms with Gasteiger partial charge in [0.2, 0.25) is 0 Å². The average molecular weight is 377 g/mol. The van der Waals surface area contributed by atoms with E-state index in [-0.39, 0.29) is 36.5 Å². The first-order chi connectivity index (χ1) is 12.5. The number of ketones is 1. The number of hydrogen-bond acceptors (Lipinski definition) is 4. The van der Waals surface area contributed by atoms with Crippen molar-refractivity contribution >= 4 is 17.8 Å². The Morgan fingerprint density at radius 2 is 1.81 bits per heavy atom. The molecule has 1 aliphatic rings. The number of urea groups is 1. The normalized spacial score (nSPS) is 14.0. The number of aromatic nitrogens is 1. The maximum absolute atomic E-state index is 13.1. The first kappa shape index (κ1) is 21.0. The van der Waals surface area contributed by atoms with Crippen molar-refractivity contribution in [3.63, 3.8) is 0 Å². The second-order valence-corrected chi connectivity index (χ2v) is 8.18. The quantitative estimate of drug-likeness (QED) is 0.610. The maximum Gasteiger partial charge on any atom is 0.355 e. The van der Waals surface area contributed by atoms with Gasteiger partial charge in [-0.3, -0.25) is 4.79 Å². The van der Waals surface area contributed by atoms with E-state index in [4.69, 9.17) is 4.74 Å². The predicted octanol–water partition coefficient (Wildman–Crippen LogP) is 2.97. The second kappa shape index (κ2) is 7.74. The van der Waals surface area contributed by atoms with Gasteiger partial charge in [0.15, 0.2) is 5.78 Å². The first-order valence-electron chi connectivity index (χ1n) is 9.42. The van der Waals surface area contributed by atoms with Gasteiger partial charge in [0, 0.05) is 29.9 Å². The molecule has 0 atom stereocenters. The molecule has 7 heteroatoms. The lowest BCUT2D eigenvalue weighted by Crippen LogP contribution is -2.50. The number of nitrogens with zero attached hydrogens (tertiary/aromatic N) is 2. The topological polar surface area (TPSA) is 80.6 Å². The summed E-state index contributed by atoms with van der Waals surface area (Å²) in [5.41, 5.74) is 1.81. The molecule has 1 N–H and O–H groups in total. The second-order valence-electron chi connectivity index (χ2n) is 8.18. The standard InChI is InChI=1S/C20H31N3O4/c1-8-27-18(25)17-12(2)16(13(3)22(17)7)15(24)11-23(14-9-10-14)19(26)21-20(4,5)6/h14H,8-11H2,1-7H3,(H,21,26). The van der Waals surface area contributed by atoms with Crippen molar-refractivity contribution < 1.29 is 19.1 Å². The van der Waals surface area contributed by atoms with E-state index in [0.29, 0.717) is 22.5 Å². The van der Waals surface area contributed by atoms with E-state index in [1.807, 2.05) is 20.8 Å². The summed E-state index contributed by atoms with van der Waals surface area (Å²) >= 11 is 0. The molecule has 150 valence electrons. The van der Waals surface area contributed by atoms with Gasteiger partial charge in [-0.25, -0.2) is 9.59 Å². The van der Waals surface area contributed by atoms with Gasteiger partial charge in [0.05, 0.1) is 13.2 Å². The van der Waals surface area contributed by atoms with E-state index in [2.05, 4.69) is 5.32 Å². The molecule has 1 heterocycles. The lowest BCUT2D eigenvalue weighted by molar-refractivity contribution is 0.0514. The van der Waals surface area contributed by atoms with Crippen LogP contribution >= 0.6 is 0 Å². The van der Waals surface area contributed by atoms with Crippen LogP contribution in [-0.4, -0.2) is 52.0 Å². The van der Waals surface area contributed by atoms with E-state index >= 15 is 0 Å². The molecule has 0 aromatic carbocycles. The Morgan fingerprint density at radius 1 is 1.22 bits per heavy atom. The van der Waals surface area contributed by atoms with Gasteiger partial charge in [-0.2, -0.15) is 0 Å². The van der Waals surface area contributed by atoms with Crippen molar-refractivity contribution in [3.05, 3.63) is 22.5 Å². The molecule has 1 aromatic rings. The molecule has 0 aliphatic heterocycles. The molecule has 0 bridgehead atoms. The Kier molecular flexibility index (Phi) is 6.02. The van der Waals surface area contributed by atoms with Crippen LogP contribution in [0.25, 0.3) is 0 Å². The minimum atomic E-state index is -0.441. The molecular formula is C20H31N3O4. The van der Waals surface area contributed by atoms with Crippen LogP contribution in [-0.2, 0) is 11.8 Å². The van der Waals surface area contributed by atoms with Crippen molar-refractivity contribution in [1.82, 2.24) is 14.8 Å². The molecule has 1 saturated carbocycles. The molecule has 0 spiro atoms. The number of esters is 1. The van der Waals surface area contributed by atoms with Crippen LogP contribution < -0.4 is 5.32 Å². The first-order valence-corrected chi connectivity index (χ1v) is 9.42. The van der Waals surface area contributed by atoms with Crippen LogP contribution in [0.2, 0.25) is 0 Å². The third-order valence-electron chi connectivity index (χ3n) is 4.72. The van der Waals surface area contributed by atoms with Crippen molar-refractivity contribution in [3.8, 4) is 0 Å². The van der Waals surface area contributed by atoms with Crippen molar-refractivity contribution in [2.45, 2.75) is 66.0 Å². The molecular weight excluding hydrogens is 346 g/mol. The van der Waals surface area contributed by atoms with E-state index < -0.39 is 5.97 Å². The fraction of sp³-hybridized carbons (Fsp3) is 0.650. The molecule has 7 nitrogen and oxygen atoms in total. The summed E-state index contributed by atoms with van der Waals surface area (Å²) < 4.78 is 6.81. The van der Waals surface area contributed by atoms with Crippen molar-refractivity contribution in [2.75, 3.05) is 13.2 Å². The van der Waals surface area contributed by atoms with Crippen LogP contribution in [0.15, 0.2) is 0 Å². The zero-order chi connectivity index (χ0) is 20.5. The zero-order valence-electron chi connectivity index (χ0n) is 17.4. The van der Waals surface area contributed by atoms with E-state index in [9.17, 15) is 14.4 Å². The number of amides is 2. The highest BCUT2D eigenvalue weighted by Gasteiger charge is 2.36. The van der Waals surface area contributed by atoms with E-state index in [1.54, 1.807) is 37.3 Å². The number of rotatable bonds is 6. The van der Waals surface area contributed by atoms with Gasteiger partial charge in [-0.05, 0) is 59.9 Å². The predicted molar refractivity (Wildman–Crippen MR) is 103 cm³/mol. The molecule has 0 unspecified atom stereocenters. The molecule has 2 amide bonds. The number of Topliss-reactive ketones (excluding diaryl/α,β-unsaturated/α-hetero) is 1. The molecule has 0 saturated heterocycles. The molecule has 0 radical (unpaired) electrons. The highest BCUT2D eigenvalue weighted by molar-refractivity contribution is 6.04. The Morgan fingerprint density at radius 3 is 2.30 bits per heavy atom. The van der Waals surface area contributed by atoms with Crippen LogP contribution in [0.5, 0.6) is 0 Å². The number of nitrogens with one attached hydrogen (secondary N) is 1. The van der Waals surface area contributed by atoms with Crippen LogP contribution in [0.4, 0.5) is 4.79 Å². The smallest absolute Gasteiger partial charge is 0.355 e. The molecule has 1 aliphatic carbocycles. The summed E-state index contributed by atoms with van der Waals surface area (Å²) in [6, 6.07) is -0.125. The SMILES string of the molecule is CCOC(=O)c1c(C)c(C(=O)CN(C(=O)NC(C)(C)C)C2CC2)c(C)n1C. The van der Waals surface area contributed by atoms with Crippen molar-refractivity contribution in [1.29, 1.82) is 0 Å². The summed E-state index contributed by atoms with van der Waals surface area (Å²) in [4.78, 5) is 39.5. The molecule has 1 fully saturated rings. The highest BCUT2D eigenvalue weighted by Crippen LogP contribution is 2.29. The lowest BCUT2D eigenvalue weighted by atomic mass is 10.0. The number of carbonyl (C=O) groups is 3. The van der Waals surface area contributed by atoms with Crippen LogP contribution in [0.3, 0.4) is 0 Å². The molecule has 2 rings (SSSR count).